The van der Waals surface area contributed by atoms with Crippen LogP contribution in [0.15, 0.2) is 48.2 Å². The molecule has 2 nitrogen and oxygen atoms in total. The molecule has 1 aliphatic heterocycles. The third-order valence-corrected chi connectivity index (χ3v) is 2.28. The van der Waals surface area contributed by atoms with Crippen LogP contribution in [0, 0.1) is 0 Å². The second kappa shape index (κ2) is 3.64. The number of nitrogens with two attached hydrogens (primary N) is 1. The van der Waals surface area contributed by atoms with E-state index in [1.54, 1.807) is 0 Å². The minimum Gasteiger partial charge on any atom is -0.445 e. The second-order valence-electron chi connectivity index (χ2n) is 2.89. The van der Waals surface area contributed by atoms with E-state index in [9.17, 15) is 0 Å². The Balaban J connectivity index is 2.36. The van der Waals surface area contributed by atoms with Gasteiger partial charge in [-0.05, 0) is 18.3 Å². The van der Waals surface area contributed by atoms with Gasteiger partial charge in [-0.15, -0.1) is 0 Å². The van der Waals surface area contributed by atoms with Gasteiger partial charge in [0.05, 0.1) is 0 Å². The number of rotatable bonds is 1. The monoisotopic (exact) mass is 203 g/mol. The molecule has 1 aromatic rings. The van der Waals surface area contributed by atoms with Crippen LogP contribution in [0.1, 0.15) is 5.56 Å². The maximum Gasteiger partial charge on any atom is 0.199 e. The van der Waals surface area contributed by atoms with Crippen molar-refractivity contribution in [1.29, 1.82) is 0 Å². The molecule has 0 saturated carbocycles. The van der Waals surface area contributed by atoms with Crippen molar-refractivity contribution in [2.24, 2.45) is 5.73 Å². The predicted octanol–water partition coefficient (Wildman–Crippen LogP) is 2.23. The number of ether oxygens (including phenoxy) is 1. The Hall–Kier alpha value is -1.61. The molecule has 2 rings (SSSR count). The molecule has 0 aromatic heterocycles. The van der Waals surface area contributed by atoms with E-state index in [1.165, 1.54) is 6.20 Å². The third-order valence-electron chi connectivity index (χ3n) is 1.96. The van der Waals surface area contributed by atoms with Crippen molar-refractivity contribution in [3.05, 3.63) is 53.7 Å². The Kier molecular flexibility index (Phi) is 2.33. The quantitative estimate of drug-likeness (QED) is 0.561. The van der Waals surface area contributed by atoms with E-state index in [-0.39, 0.29) is 0 Å². The molecule has 1 heterocycles. The largest absolute Gasteiger partial charge is 0.445 e. The van der Waals surface area contributed by atoms with Gasteiger partial charge in [0.15, 0.2) is 5.05 Å². The van der Waals surface area contributed by atoms with Gasteiger partial charge in [-0.2, -0.15) is 0 Å². The maximum atomic E-state index is 5.40. The van der Waals surface area contributed by atoms with Gasteiger partial charge < -0.3 is 10.5 Å². The zero-order valence-electron chi connectivity index (χ0n) is 7.44. The molecular weight excluding hydrogens is 194 g/mol. The molecular formula is C11H9NOS. The van der Waals surface area contributed by atoms with Crippen LogP contribution in [0.3, 0.4) is 0 Å². The zero-order valence-corrected chi connectivity index (χ0v) is 8.25. The molecule has 0 atom stereocenters. The van der Waals surface area contributed by atoms with Gasteiger partial charge in [0.2, 0.25) is 0 Å². The first-order valence-corrected chi connectivity index (χ1v) is 4.63. The van der Waals surface area contributed by atoms with E-state index in [1.807, 2.05) is 36.4 Å². The molecule has 0 spiro atoms. The average Bonchev–Trinajstić information content (AvgIpc) is 2.61. The first-order chi connectivity index (χ1) is 6.81. The van der Waals surface area contributed by atoms with Crippen molar-refractivity contribution in [3.8, 4) is 0 Å². The highest BCUT2D eigenvalue weighted by Gasteiger charge is 2.17. The summed E-state index contributed by atoms with van der Waals surface area (Å²) in [5.74, 6) is 0.757. The standard InChI is InChI=1S/C11H9NOS/c12-7-9-6-10(13-11(9)14)8-4-2-1-3-5-8/h1-7H,12H2/b9-7+. The average molecular weight is 203 g/mol. The highest BCUT2D eigenvalue weighted by Crippen LogP contribution is 2.25. The van der Waals surface area contributed by atoms with Gasteiger partial charge in [0.1, 0.15) is 5.76 Å². The number of benzene rings is 1. The smallest absolute Gasteiger partial charge is 0.199 e. The summed E-state index contributed by atoms with van der Waals surface area (Å²) >= 11 is 4.99. The van der Waals surface area contributed by atoms with Crippen LogP contribution >= 0.6 is 12.2 Å². The normalized spacial score (nSPS) is 18.1. The Morgan fingerprint density at radius 2 is 1.93 bits per heavy atom. The summed E-state index contributed by atoms with van der Waals surface area (Å²) in [5.41, 5.74) is 7.16. The molecule has 0 fully saturated rings. The van der Waals surface area contributed by atoms with Crippen LogP contribution in [-0.4, -0.2) is 5.05 Å². The number of hydrogen-bond donors (Lipinski definition) is 1. The van der Waals surface area contributed by atoms with Gasteiger partial charge in [0.25, 0.3) is 0 Å². The second-order valence-corrected chi connectivity index (χ2v) is 3.26. The Bertz CT molecular complexity index is 420. The molecule has 3 heteroatoms. The van der Waals surface area contributed by atoms with Gasteiger partial charge in [-0.25, -0.2) is 0 Å². The summed E-state index contributed by atoms with van der Waals surface area (Å²) in [6, 6.07) is 9.79. The van der Waals surface area contributed by atoms with Crippen molar-refractivity contribution in [2.45, 2.75) is 0 Å². The van der Waals surface area contributed by atoms with Crippen LogP contribution in [0.2, 0.25) is 0 Å². The summed E-state index contributed by atoms with van der Waals surface area (Å²) in [4.78, 5) is 0. The molecule has 0 unspecified atom stereocenters. The minimum atomic E-state index is 0.436. The summed E-state index contributed by atoms with van der Waals surface area (Å²) in [6.07, 6.45) is 3.30. The highest BCUT2D eigenvalue weighted by molar-refractivity contribution is 7.80. The van der Waals surface area contributed by atoms with Gasteiger partial charge in [0, 0.05) is 17.3 Å². The van der Waals surface area contributed by atoms with Gasteiger partial charge in [-0.1, -0.05) is 30.3 Å². The minimum absolute atomic E-state index is 0.436. The topological polar surface area (TPSA) is 35.2 Å². The predicted molar refractivity (Wildman–Crippen MR) is 60.4 cm³/mol. The molecule has 1 aliphatic rings. The van der Waals surface area contributed by atoms with E-state index in [4.69, 9.17) is 22.7 Å². The number of hydrogen-bond acceptors (Lipinski definition) is 3. The van der Waals surface area contributed by atoms with Crippen molar-refractivity contribution in [3.63, 3.8) is 0 Å². The third kappa shape index (κ3) is 1.54. The molecule has 0 bridgehead atoms. The van der Waals surface area contributed by atoms with E-state index in [0.29, 0.717) is 5.05 Å². The lowest BCUT2D eigenvalue weighted by Gasteiger charge is -2.01. The lowest BCUT2D eigenvalue weighted by molar-refractivity contribution is 0.535. The van der Waals surface area contributed by atoms with Crippen molar-refractivity contribution >= 4 is 23.0 Å². The fourth-order valence-corrected chi connectivity index (χ4v) is 1.47. The van der Waals surface area contributed by atoms with Crippen LogP contribution in [0.5, 0.6) is 0 Å². The van der Waals surface area contributed by atoms with Crippen LogP contribution < -0.4 is 5.73 Å². The lowest BCUT2D eigenvalue weighted by Crippen LogP contribution is -1.96. The molecule has 0 saturated heterocycles. The maximum absolute atomic E-state index is 5.40. The molecule has 70 valence electrons. The van der Waals surface area contributed by atoms with Crippen LogP contribution in [0.4, 0.5) is 0 Å². The van der Waals surface area contributed by atoms with Crippen molar-refractivity contribution < 1.29 is 4.74 Å². The van der Waals surface area contributed by atoms with E-state index >= 15 is 0 Å². The summed E-state index contributed by atoms with van der Waals surface area (Å²) in [5, 5.41) is 0.436. The zero-order chi connectivity index (χ0) is 9.97. The Morgan fingerprint density at radius 3 is 2.50 bits per heavy atom. The van der Waals surface area contributed by atoms with E-state index in [2.05, 4.69) is 0 Å². The summed E-state index contributed by atoms with van der Waals surface area (Å²) in [7, 11) is 0. The first-order valence-electron chi connectivity index (χ1n) is 4.22. The first kappa shape index (κ1) is 8.97. The molecule has 0 aliphatic carbocycles. The molecule has 14 heavy (non-hydrogen) atoms. The van der Waals surface area contributed by atoms with Crippen LogP contribution in [0.25, 0.3) is 5.76 Å². The summed E-state index contributed by atoms with van der Waals surface area (Å²) < 4.78 is 5.40. The SMILES string of the molecule is N/C=C1\C=C(c2ccccc2)OC1=S. The Morgan fingerprint density at radius 1 is 1.21 bits per heavy atom. The Labute approximate surface area is 87.7 Å². The molecule has 2 N–H and O–H groups in total. The van der Waals surface area contributed by atoms with Crippen LogP contribution in [-0.2, 0) is 4.74 Å². The lowest BCUT2D eigenvalue weighted by atomic mass is 10.2. The van der Waals surface area contributed by atoms with E-state index < -0.39 is 0 Å². The fourth-order valence-electron chi connectivity index (χ4n) is 1.25. The number of thiocarbonyl (C=S) groups is 1. The van der Waals surface area contributed by atoms with Crippen molar-refractivity contribution in [1.82, 2.24) is 0 Å². The molecule has 0 radical (unpaired) electrons. The van der Waals surface area contributed by atoms with Crippen molar-refractivity contribution in [2.75, 3.05) is 0 Å². The fraction of sp³-hybridized carbons (Fsp3) is 0. The summed E-state index contributed by atoms with van der Waals surface area (Å²) in [6.45, 7) is 0. The van der Waals surface area contributed by atoms with Gasteiger partial charge in [-0.3, -0.25) is 0 Å². The molecule has 1 aromatic carbocycles. The van der Waals surface area contributed by atoms with E-state index in [0.717, 1.165) is 16.9 Å². The molecule has 0 amide bonds. The van der Waals surface area contributed by atoms with Gasteiger partial charge >= 0.3 is 0 Å². The highest BCUT2D eigenvalue weighted by atomic mass is 32.1.